The minimum Gasteiger partial charge on any atom is -0.413 e. The molecule has 6 heteroatoms. The van der Waals surface area contributed by atoms with Gasteiger partial charge in [0, 0.05) is 23.2 Å². The predicted octanol–water partition coefficient (Wildman–Crippen LogP) is 9.06. The molecule has 0 aromatic heterocycles. The highest BCUT2D eigenvalue weighted by Crippen LogP contribution is 2.47. The summed E-state index contributed by atoms with van der Waals surface area (Å²) in [6.07, 6.45) is 4.22. The molecule has 0 heterocycles. The second-order valence-corrected chi connectivity index (χ2v) is 26.5. The lowest BCUT2D eigenvalue weighted by Gasteiger charge is -2.45. The zero-order chi connectivity index (χ0) is 29.3. The van der Waals surface area contributed by atoms with Gasteiger partial charge in [0.2, 0.25) is 0 Å². The molecule has 0 amide bonds. The van der Waals surface area contributed by atoms with E-state index in [1.165, 1.54) is 0 Å². The number of rotatable bonds is 8. The number of hydrogen-bond donors (Lipinski definition) is 0. The molecular weight excluding hydrogens is 532 g/mol. The van der Waals surface area contributed by atoms with Crippen LogP contribution in [0.1, 0.15) is 54.4 Å². The first-order chi connectivity index (χ1) is 17.9. The Bertz CT molecular complexity index is 1160. The van der Waals surface area contributed by atoms with Crippen LogP contribution < -0.4 is 10.6 Å². The fraction of sp³-hybridized carbons (Fsp3) is 0.515. The van der Waals surface area contributed by atoms with Crippen LogP contribution in [-0.4, -0.2) is 35.0 Å². The van der Waals surface area contributed by atoms with Crippen molar-refractivity contribution < 1.29 is 13.4 Å². The first-order valence-corrected chi connectivity index (χ1v) is 22.0. The van der Waals surface area contributed by atoms with Crippen LogP contribution in [0.5, 0.6) is 0 Å². The lowest BCUT2D eigenvalue weighted by molar-refractivity contribution is 0.0969. The molecule has 3 nitrogen and oxygen atoms in total. The van der Waals surface area contributed by atoms with Gasteiger partial charge in [0.1, 0.15) is 7.14 Å². The van der Waals surface area contributed by atoms with Gasteiger partial charge in [-0.1, -0.05) is 115 Å². The Morgan fingerprint density at radius 3 is 1.69 bits per heavy atom. The van der Waals surface area contributed by atoms with Gasteiger partial charge in [-0.2, -0.15) is 0 Å². The maximum absolute atomic E-state index is 14.7. The van der Waals surface area contributed by atoms with Crippen LogP contribution in [0.15, 0.2) is 84.5 Å². The Balaban J connectivity index is 2.01. The van der Waals surface area contributed by atoms with E-state index in [9.17, 15) is 4.57 Å². The summed E-state index contributed by atoms with van der Waals surface area (Å²) in [6, 6.07) is 19.8. The van der Waals surface area contributed by atoms with E-state index in [0.717, 1.165) is 34.6 Å². The summed E-state index contributed by atoms with van der Waals surface area (Å²) in [5, 5.41) is 1.99. The predicted molar refractivity (Wildman–Crippen MR) is 175 cm³/mol. The molecule has 214 valence electrons. The van der Waals surface area contributed by atoms with Gasteiger partial charge in [0.15, 0.2) is 16.6 Å². The lowest BCUT2D eigenvalue weighted by Crippen LogP contribution is -2.49. The van der Waals surface area contributed by atoms with Crippen LogP contribution in [0.25, 0.3) is 0 Å². The Morgan fingerprint density at radius 2 is 1.26 bits per heavy atom. The van der Waals surface area contributed by atoms with Gasteiger partial charge in [-0.15, -0.1) is 0 Å². The van der Waals surface area contributed by atoms with Crippen molar-refractivity contribution in [2.75, 3.05) is 6.16 Å². The largest absolute Gasteiger partial charge is 0.413 e. The van der Waals surface area contributed by atoms with Crippen LogP contribution in [0, 0.1) is 0 Å². The molecule has 0 spiro atoms. The van der Waals surface area contributed by atoms with E-state index < -0.39 is 23.8 Å². The standard InChI is InChI=1S/C33H51O3PSi2/c1-26-27(22-23-37(34,29-18-14-12-15-19-29)30-20-16-13-17-21-30)24-28(35-38(8,9)32(2,3)4)25-31(26)36-39(10,11)33(5,6)7/h12-22,28,31H,1,23-25H2,2-11H3/t28-,31-/m0/s1. The minimum atomic E-state index is -2.87. The molecule has 0 unspecified atom stereocenters. The Morgan fingerprint density at radius 1 is 0.821 bits per heavy atom. The van der Waals surface area contributed by atoms with Crippen molar-refractivity contribution in [1.82, 2.24) is 0 Å². The maximum Gasteiger partial charge on any atom is 0.192 e. The Labute approximate surface area is 240 Å². The van der Waals surface area contributed by atoms with Crippen LogP contribution in [-0.2, 0) is 13.4 Å². The molecule has 0 saturated heterocycles. The van der Waals surface area contributed by atoms with Crippen molar-refractivity contribution in [3.8, 4) is 0 Å². The van der Waals surface area contributed by atoms with Crippen molar-refractivity contribution in [2.45, 2.75) is 103 Å². The zero-order valence-corrected chi connectivity index (χ0v) is 28.9. The molecule has 39 heavy (non-hydrogen) atoms. The molecule has 2 aromatic carbocycles. The first-order valence-electron chi connectivity index (χ1n) is 14.3. The molecule has 0 aliphatic heterocycles. The quantitative estimate of drug-likeness (QED) is 0.230. The highest BCUT2D eigenvalue weighted by molar-refractivity contribution is 7.78. The summed E-state index contributed by atoms with van der Waals surface area (Å²) in [5.74, 6) is 0. The molecule has 0 bridgehead atoms. The van der Waals surface area contributed by atoms with E-state index in [-0.39, 0.29) is 22.3 Å². The first kappa shape index (κ1) is 32.0. The molecule has 1 aliphatic rings. The number of hydrogen-bond acceptors (Lipinski definition) is 3. The van der Waals surface area contributed by atoms with Gasteiger partial charge >= 0.3 is 0 Å². The third-order valence-corrected chi connectivity index (χ3v) is 21.2. The maximum atomic E-state index is 14.7. The molecule has 2 aromatic rings. The highest BCUT2D eigenvalue weighted by atomic mass is 31.2. The van der Waals surface area contributed by atoms with E-state index in [4.69, 9.17) is 8.85 Å². The number of benzene rings is 2. The van der Waals surface area contributed by atoms with Gasteiger partial charge < -0.3 is 13.4 Å². The van der Waals surface area contributed by atoms with Gasteiger partial charge in [-0.05, 0) is 53.8 Å². The van der Waals surface area contributed by atoms with Crippen LogP contribution in [0.2, 0.25) is 36.3 Å². The van der Waals surface area contributed by atoms with Crippen LogP contribution in [0.3, 0.4) is 0 Å². The smallest absolute Gasteiger partial charge is 0.192 e. The van der Waals surface area contributed by atoms with Gasteiger partial charge in [0.05, 0.1) is 12.2 Å². The second kappa shape index (κ2) is 11.8. The molecule has 1 fully saturated rings. The van der Waals surface area contributed by atoms with Crippen molar-refractivity contribution in [2.24, 2.45) is 0 Å². The average Bonchev–Trinajstić information content (AvgIpc) is 2.84. The Hall–Kier alpha value is -1.50. The lowest BCUT2D eigenvalue weighted by atomic mass is 9.86. The van der Waals surface area contributed by atoms with E-state index in [2.05, 4.69) is 80.4 Å². The van der Waals surface area contributed by atoms with Crippen molar-refractivity contribution in [3.05, 3.63) is 84.5 Å². The fourth-order valence-corrected chi connectivity index (χ4v) is 9.71. The summed E-state index contributed by atoms with van der Waals surface area (Å²) < 4.78 is 28.7. The molecule has 1 aliphatic carbocycles. The summed E-state index contributed by atoms with van der Waals surface area (Å²) in [7, 11) is -6.90. The monoisotopic (exact) mass is 582 g/mol. The molecule has 3 rings (SSSR count). The molecule has 1 saturated carbocycles. The highest BCUT2D eigenvalue weighted by Gasteiger charge is 2.44. The third kappa shape index (κ3) is 7.43. The zero-order valence-electron chi connectivity index (χ0n) is 26.0. The van der Waals surface area contributed by atoms with Crippen LogP contribution in [0.4, 0.5) is 0 Å². The number of allylic oxidation sites excluding steroid dienone is 1. The van der Waals surface area contributed by atoms with Crippen molar-refractivity contribution >= 4 is 34.4 Å². The molecule has 0 radical (unpaired) electrons. The van der Waals surface area contributed by atoms with Gasteiger partial charge in [-0.3, -0.25) is 0 Å². The summed E-state index contributed by atoms with van der Waals surface area (Å²) >= 11 is 0. The SMILES string of the molecule is C=C1C(=CCP(=O)(c2ccccc2)c2ccccc2)C[C@H](O[Si](C)(C)C(C)(C)C)C[C@@H]1O[Si](C)(C)C(C)(C)C. The Kier molecular flexibility index (Phi) is 9.67. The van der Waals surface area contributed by atoms with Crippen LogP contribution >= 0.6 is 7.14 Å². The van der Waals surface area contributed by atoms with E-state index in [0.29, 0.717) is 6.16 Å². The topological polar surface area (TPSA) is 35.5 Å². The van der Waals surface area contributed by atoms with Gasteiger partial charge in [-0.25, -0.2) is 0 Å². The van der Waals surface area contributed by atoms with E-state index >= 15 is 0 Å². The second-order valence-electron chi connectivity index (χ2n) is 14.2. The van der Waals surface area contributed by atoms with Gasteiger partial charge in [0.25, 0.3) is 0 Å². The minimum absolute atomic E-state index is 0.0604. The van der Waals surface area contributed by atoms with Crippen molar-refractivity contribution in [1.29, 1.82) is 0 Å². The van der Waals surface area contributed by atoms with E-state index in [1.807, 2.05) is 60.7 Å². The average molecular weight is 583 g/mol. The molecular formula is C33H51O3PSi2. The normalized spacial score (nSPS) is 20.9. The van der Waals surface area contributed by atoms with Crippen molar-refractivity contribution in [3.63, 3.8) is 0 Å². The summed E-state index contributed by atoms with van der Waals surface area (Å²) in [5.41, 5.74) is 2.17. The van der Waals surface area contributed by atoms with E-state index in [1.54, 1.807) is 0 Å². The molecule has 0 N–H and O–H groups in total. The summed E-state index contributed by atoms with van der Waals surface area (Å²) in [6.45, 7) is 27.5. The molecule has 2 atom stereocenters. The fourth-order valence-electron chi connectivity index (χ4n) is 4.53. The third-order valence-electron chi connectivity index (χ3n) is 9.18. The summed E-state index contributed by atoms with van der Waals surface area (Å²) in [4.78, 5) is 0.